The maximum absolute atomic E-state index is 13.2. The van der Waals surface area contributed by atoms with Crippen LogP contribution in [-0.4, -0.2) is 60.9 Å². The monoisotopic (exact) mass is 427 g/mol. The number of rotatable bonds is 7. The molecule has 2 aromatic rings. The van der Waals surface area contributed by atoms with Gasteiger partial charge in [0.1, 0.15) is 11.6 Å². The van der Waals surface area contributed by atoms with Crippen molar-refractivity contribution in [2.24, 2.45) is 0 Å². The predicted octanol–water partition coefficient (Wildman–Crippen LogP) is 3.42. The van der Waals surface area contributed by atoms with Crippen LogP contribution in [0.15, 0.2) is 42.5 Å². The quantitative estimate of drug-likeness (QED) is 0.736. The Hall–Kier alpha value is -2.93. The second-order valence-corrected chi connectivity index (χ2v) is 8.20. The van der Waals surface area contributed by atoms with Crippen molar-refractivity contribution in [3.05, 3.63) is 59.4 Å². The van der Waals surface area contributed by atoms with Crippen molar-refractivity contribution in [1.82, 2.24) is 9.80 Å². The van der Waals surface area contributed by atoms with Crippen molar-refractivity contribution in [3.8, 4) is 5.75 Å². The van der Waals surface area contributed by atoms with Gasteiger partial charge in [0.2, 0.25) is 5.91 Å². The molecule has 0 unspecified atom stereocenters. The molecule has 1 fully saturated rings. The molecule has 3 rings (SSSR count). The number of halogens is 1. The first-order valence-corrected chi connectivity index (χ1v) is 10.6. The largest absolute Gasteiger partial charge is 0.483 e. The van der Waals surface area contributed by atoms with Crippen LogP contribution in [0.2, 0.25) is 0 Å². The molecule has 31 heavy (non-hydrogen) atoms. The minimum absolute atomic E-state index is 0.00321. The highest BCUT2D eigenvalue weighted by Gasteiger charge is 2.23. The minimum atomic E-state index is -0.390. The number of piperazine rings is 1. The Morgan fingerprint density at radius 3 is 2.52 bits per heavy atom. The van der Waals surface area contributed by atoms with Crippen LogP contribution >= 0.6 is 0 Å². The molecule has 0 radical (unpaired) electrons. The number of nitrogens with zero attached hydrogens (tertiary/aromatic N) is 2. The molecule has 0 aromatic heterocycles. The van der Waals surface area contributed by atoms with Crippen LogP contribution in [0, 0.1) is 12.7 Å². The third kappa shape index (κ3) is 6.52. The van der Waals surface area contributed by atoms with E-state index < -0.39 is 5.82 Å². The summed E-state index contributed by atoms with van der Waals surface area (Å²) in [7, 11) is 0. The number of benzene rings is 2. The summed E-state index contributed by atoms with van der Waals surface area (Å²) < 4.78 is 19.1. The lowest BCUT2D eigenvalue weighted by molar-refractivity contribution is -0.135. The molecule has 0 spiro atoms. The van der Waals surface area contributed by atoms with Crippen molar-refractivity contribution in [1.29, 1.82) is 0 Å². The summed E-state index contributed by atoms with van der Waals surface area (Å²) in [5, 5.41) is 2.70. The zero-order valence-electron chi connectivity index (χ0n) is 18.4. The molecule has 2 aromatic carbocycles. The Labute approximate surface area is 183 Å². The van der Waals surface area contributed by atoms with Crippen LogP contribution in [0.3, 0.4) is 0 Å². The SMILES string of the molecule is Cc1ccc(C(C)C)c(OCC(=O)N2CCN(CC(=O)Nc3cccc(F)c3)CC2)c1. The second-order valence-electron chi connectivity index (χ2n) is 8.20. The van der Waals surface area contributed by atoms with Crippen LogP contribution in [0.25, 0.3) is 0 Å². The second kappa shape index (κ2) is 10.4. The molecular formula is C24H30FN3O3. The highest BCUT2D eigenvalue weighted by Crippen LogP contribution is 2.27. The normalized spacial score (nSPS) is 14.5. The third-order valence-electron chi connectivity index (χ3n) is 5.34. The van der Waals surface area contributed by atoms with E-state index >= 15 is 0 Å². The molecule has 0 atom stereocenters. The molecule has 166 valence electrons. The fraction of sp³-hybridized carbons (Fsp3) is 0.417. The van der Waals surface area contributed by atoms with Gasteiger partial charge in [-0.05, 0) is 48.2 Å². The Morgan fingerprint density at radius 1 is 1.10 bits per heavy atom. The van der Waals surface area contributed by atoms with Gasteiger partial charge < -0.3 is 15.0 Å². The molecule has 1 aliphatic rings. The van der Waals surface area contributed by atoms with Crippen LogP contribution in [0.5, 0.6) is 5.75 Å². The number of hydrogen-bond donors (Lipinski definition) is 1. The molecule has 0 saturated carbocycles. The molecule has 1 saturated heterocycles. The first-order chi connectivity index (χ1) is 14.8. The molecule has 0 aliphatic carbocycles. The zero-order valence-corrected chi connectivity index (χ0v) is 18.4. The van der Waals surface area contributed by atoms with Gasteiger partial charge >= 0.3 is 0 Å². The molecule has 2 amide bonds. The molecule has 1 heterocycles. The number of anilines is 1. The van der Waals surface area contributed by atoms with Crippen LogP contribution in [0.4, 0.5) is 10.1 Å². The van der Waals surface area contributed by atoms with Crippen molar-refractivity contribution >= 4 is 17.5 Å². The van der Waals surface area contributed by atoms with Gasteiger partial charge in [-0.1, -0.05) is 32.0 Å². The lowest BCUT2D eigenvalue weighted by Crippen LogP contribution is -2.51. The van der Waals surface area contributed by atoms with Gasteiger partial charge in [0.05, 0.1) is 6.54 Å². The zero-order chi connectivity index (χ0) is 22.4. The summed E-state index contributed by atoms with van der Waals surface area (Å²) in [5.41, 5.74) is 2.62. The third-order valence-corrected chi connectivity index (χ3v) is 5.34. The van der Waals surface area contributed by atoms with E-state index in [4.69, 9.17) is 4.74 Å². The Kier molecular flexibility index (Phi) is 7.63. The van der Waals surface area contributed by atoms with Gasteiger partial charge in [-0.2, -0.15) is 0 Å². The summed E-state index contributed by atoms with van der Waals surface area (Å²) in [5.74, 6) is 0.427. The van der Waals surface area contributed by atoms with Crippen molar-refractivity contribution in [2.75, 3.05) is 44.6 Å². The summed E-state index contributed by atoms with van der Waals surface area (Å²) in [6.07, 6.45) is 0. The Bertz CT molecular complexity index is 924. The van der Waals surface area contributed by atoms with Crippen LogP contribution in [0.1, 0.15) is 30.9 Å². The van der Waals surface area contributed by atoms with E-state index in [-0.39, 0.29) is 25.0 Å². The summed E-state index contributed by atoms with van der Waals surface area (Å²) >= 11 is 0. The smallest absolute Gasteiger partial charge is 0.260 e. The van der Waals surface area contributed by atoms with Gasteiger partial charge in [-0.3, -0.25) is 14.5 Å². The summed E-state index contributed by atoms with van der Waals surface area (Å²) in [6, 6.07) is 11.9. The fourth-order valence-electron chi connectivity index (χ4n) is 3.60. The maximum Gasteiger partial charge on any atom is 0.260 e. The Morgan fingerprint density at radius 2 is 1.84 bits per heavy atom. The molecule has 6 nitrogen and oxygen atoms in total. The Balaban J connectivity index is 1.45. The van der Waals surface area contributed by atoms with E-state index in [2.05, 4.69) is 19.2 Å². The number of carbonyl (C=O) groups excluding carboxylic acids is 2. The van der Waals surface area contributed by atoms with Gasteiger partial charge in [-0.15, -0.1) is 0 Å². The number of amides is 2. The topological polar surface area (TPSA) is 61.9 Å². The molecular weight excluding hydrogens is 397 g/mol. The van der Waals surface area contributed by atoms with Crippen LogP contribution in [-0.2, 0) is 9.59 Å². The van der Waals surface area contributed by atoms with E-state index in [1.165, 1.54) is 12.1 Å². The summed E-state index contributed by atoms with van der Waals surface area (Å²) in [4.78, 5) is 28.6. The standard InChI is InChI=1S/C24H30FN3O3/c1-17(2)21-8-7-18(3)13-22(21)31-16-24(30)28-11-9-27(10-12-28)15-23(29)26-20-6-4-5-19(25)14-20/h4-8,13-14,17H,9-12,15-16H2,1-3H3,(H,26,29). The highest BCUT2D eigenvalue weighted by molar-refractivity contribution is 5.92. The number of nitrogens with one attached hydrogen (secondary N) is 1. The number of hydrogen-bond acceptors (Lipinski definition) is 4. The average molecular weight is 428 g/mol. The maximum atomic E-state index is 13.2. The predicted molar refractivity (Wildman–Crippen MR) is 119 cm³/mol. The van der Waals surface area contributed by atoms with Gasteiger partial charge in [0.25, 0.3) is 5.91 Å². The van der Waals surface area contributed by atoms with Gasteiger partial charge in [-0.25, -0.2) is 4.39 Å². The lowest BCUT2D eigenvalue weighted by atomic mass is 10.0. The van der Waals surface area contributed by atoms with Crippen molar-refractivity contribution < 1.29 is 18.7 Å². The van der Waals surface area contributed by atoms with Crippen molar-refractivity contribution in [2.45, 2.75) is 26.7 Å². The van der Waals surface area contributed by atoms with Crippen molar-refractivity contribution in [3.63, 3.8) is 0 Å². The van der Waals surface area contributed by atoms with Gasteiger partial charge in [0, 0.05) is 31.9 Å². The molecule has 0 bridgehead atoms. The number of carbonyl (C=O) groups is 2. The van der Waals surface area contributed by atoms with E-state index in [9.17, 15) is 14.0 Å². The highest BCUT2D eigenvalue weighted by atomic mass is 19.1. The van der Waals surface area contributed by atoms with Crippen LogP contribution < -0.4 is 10.1 Å². The molecule has 1 aliphatic heterocycles. The summed E-state index contributed by atoms with van der Waals surface area (Å²) in [6.45, 7) is 8.70. The molecule has 7 heteroatoms. The van der Waals surface area contributed by atoms with E-state index in [1.54, 1.807) is 17.0 Å². The fourth-order valence-corrected chi connectivity index (χ4v) is 3.60. The average Bonchev–Trinajstić information content (AvgIpc) is 2.72. The van der Waals surface area contributed by atoms with E-state index in [1.807, 2.05) is 30.0 Å². The number of ether oxygens (including phenoxy) is 1. The number of aryl methyl sites for hydroxylation is 1. The first kappa shape index (κ1) is 22.7. The minimum Gasteiger partial charge on any atom is -0.483 e. The van der Waals surface area contributed by atoms with E-state index in [0.717, 1.165) is 16.9 Å². The van der Waals surface area contributed by atoms with Gasteiger partial charge in [0.15, 0.2) is 6.61 Å². The first-order valence-electron chi connectivity index (χ1n) is 10.6. The van der Waals surface area contributed by atoms with E-state index in [0.29, 0.717) is 37.8 Å². The lowest BCUT2D eigenvalue weighted by Gasteiger charge is -2.34. The molecule has 1 N–H and O–H groups in total.